The quantitative estimate of drug-likeness (QED) is 0.554. The molecule has 0 bridgehead atoms. The summed E-state index contributed by atoms with van der Waals surface area (Å²) in [6, 6.07) is 0.205. The van der Waals surface area contributed by atoms with E-state index in [1.54, 1.807) is 0 Å². The molecule has 0 radical (unpaired) electrons. The molecule has 0 saturated carbocycles. The summed E-state index contributed by atoms with van der Waals surface area (Å²) in [7, 11) is 0. The van der Waals surface area contributed by atoms with Gasteiger partial charge in [0.05, 0.1) is 13.2 Å². The molecule has 1 heterocycles. The zero-order valence-electron chi connectivity index (χ0n) is 10.6. The normalized spacial score (nSPS) is 18.9. The van der Waals surface area contributed by atoms with Crippen molar-refractivity contribution in [2.45, 2.75) is 32.2 Å². The molecule has 1 aliphatic rings. The molecule has 0 aromatic carbocycles. The number of carbonyl (C=O) groups is 1. The molecule has 1 fully saturated rings. The molecule has 1 N–H and O–H groups in total. The second-order valence-corrected chi connectivity index (χ2v) is 4.91. The first kappa shape index (κ1) is 14.7. The molecular formula is C12H23ClN2O2. The third kappa shape index (κ3) is 6.86. The van der Waals surface area contributed by atoms with Gasteiger partial charge in [-0.25, -0.2) is 0 Å². The van der Waals surface area contributed by atoms with Crippen LogP contribution in [0.5, 0.6) is 0 Å². The zero-order chi connectivity index (χ0) is 12.5. The van der Waals surface area contributed by atoms with E-state index in [4.69, 9.17) is 16.3 Å². The van der Waals surface area contributed by atoms with Crippen LogP contribution in [0.25, 0.3) is 0 Å². The van der Waals surface area contributed by atoms with Crippen molar-refractivity contribution in [2.24, 2.45) is 0 Å². The summed E-state index contributed by atoms with van der Waals surface area (Å²) in [5.74, 6) is 0.771. The Morgan fingerprint density at radius 2 is 2.12 bits per heavy atom. The summed E-state index contributed by atoms with van der Waals surface area (Å²) in [6.45, 7) is 6.49. The van der Waals surface area contributed by atoms with E-state index >= 15 is 0 Å². The average Bonchev–Trinajstić information content (AvgIpc) is 2.30. The number of halogens is 1. The van der Waals surface area contributed by atoms with Gasteiger partial charge in [0.2, 0.25) is 5.91 Å². The van der Waals surface area contributed by atoms with Gasteiger partial charge in [-0.05, 0) is 19.8 Å². The predicted octanol–water partition coefficient (Wildman–Crippen LogP) is 1.23. The van der Waals surface area contributed by atoms with Crippen molar-refractivity contribution in [3.63, 3.8) is 0 Å². The molecule has 1 aliphatic heterocycles. The Bertz CT molecular complexity index is 221. The molecule has 0 spiro atoms. The first-order valence-electron chi connectivity index (χ1n) is 6.38. The Balaban J connectivity index is 2.10. The van der Waals surface area contributed by atoms with Crippen molar-refractivity contribution in [1.29, 1.82) is 0 Å². The number of hydrogen-bond acceptors (Lipinski definition) is 3. The van der Waals surface area contributed by atoms with Crippen LogP contribution in [0, 0.1) is 0 Å². The molecule has 0 aromatic heterocycles. The maximum absolute atomic E-state index is 11.6. The van der Waals surface area contributed by atoms with Crippen molar-refractivity contribution in [1.82, 2.24) is 10.2 Å². The molecule has 4 nitrogen and oxygen atoms in total. The maximum Gasteiger partial charge on any atom is 0.220 e. The topological polar surface area (TPSA) is 41.6 Å². The van der Waals surface area contributed by atoms with Gasteiger partial charge in [-0.15, -0.1) is 11.6 Å². The lowest BCUT2D eigenvalue weighted by Crippen LogP contribution is -2.45. The minimum atomic E-state index is 0.135. The Labute approximate surface area is 109 Å². The van der Waals surface area contributed by atoms with Crippen LogP contribution in [0.3, 0.4) is 0 Å². The molecule has 0 aliphatic carbocycles. The van der Waals surface area contributed by atoms with Gasteiger partial charge >= 0.3 is 0 Å². The number of carbonyl (C=O) groups excluding carboxylic acids is 1. The summed E-state index contributed by atoms with van der Waals surface area (Å²) >= 11 is 5.57. The molecule has 1 amide bonds. The lowest BCUT2D eigenvalue weighted by Gasteiger charge is -2.29. The lowest BCUT2D eigenvalue weighted by atomic mass is 10.2. The van der Waals surface area contributed by atoms with Crippen LogP contribution in [0.1, 0.15) is 26.2 Å². The molecule has 1 unspecified atom stereocenters. The highest BCUT2D eigenvalue weighted by molar-refractivity contribution is 6.17. The molecule has 17 heavy (non-hydrogen) atoms. The number of nitrogens with zero attached hydrogens (tertiary/aromatic N) is 1. The van der Waals surface area contributed by atoms with E-state index in [0.29, 0.717) is 12.3 Å². The van der Waals surface area contributed by atoms with Crippen LogP contribution in [-0.2, 0) is 9.53 Å². The van der Waals surface area contributed by atoms with E-state index in [9.17, 15) is 4.79 Å². The average molecular weight is 263 g/mol. The van der Waals surface area contributed by atoms with Crippen LogP contribution in [0.2, 0.25) is 0 Å². The number of ether oxygens (including phenoxy) is 1. The Morgan fingerprint density at radius 3 is 2.76 bits per heavy atom. The van der Waals surface area contributed by atoms with Crippen LogP contribution in [0.15, 0.2) is 0 Å². The van der Waals surface area contributed by atoms with Crippen LogP contribution in [0.4, 0.5) is 0 Å². The van der Waals surface area contributed by atoms with Gasteiger partial charge in [0.1, 0.15) is 0 Å². The zero-order valence-corrected chi connectivity index (χ0v) is 11.3. The number of hydrogen-bond donors (Lipinski definition) is 1. The minimum Gasteiger partial charge on any atom is -0.379 e. The van der Waals surface area contributed by atoms with Crippen molar-refractivity contribution in [3.8, 4) is 0 Å². The highest BCUT2D eigenvalue weighted by Gasteiger charge is 2.14. The Morgan fingerprint density at radius 1 is 1.41 bits per heavy atom. The molecule has 1 atom stereocenters. The van der Waals surface area contributed by atoms with E-state index in [-0.39, 0.29) is 11.9 Å². The summed E-state index contributed by atoms with van der Waals surface area (Å²) in [5, 5.41) is 3.02. The van der Waals surface area contributed by atoms with Gasteiger partial charge in [-0.1, -0.05) is 0 Å². The number of morpholine rings is 1. The molecule has 5 heteroatoms. The molecular weight excluding hydrogens is 240 g/mol. The van der Waals surface area contributed by atoms with Gasteiger partial charge in [-0.2, -0.15) is 0 Å². The first-order valence-corrected chi connectivity index (χ1v) is 6.91. The maximum atomic E-state index is 11.6. The van der Waals surface area contributed by atoms with Crippen molar-refractivity contribution in [2.75, 3.05) is 38.7 Å². The lowest BCUT2D eigenvalue weighted by molar-refractivity contribution is -0.122. The van der Waals surface area contributed by atoms with Gasteiger partial charge < -0.3 is 10.1 Å². The highest BCUT2D eigenvalue weighted by atomic mass is 35.5. The fraction of sp³-hybridized carbons (Fsp3) is 0.917. The fourth-order valence-electron chi connectivity index (χ4n) is 1.94. The standard InChI is InChI=1S/C12H23ClN2O2/c1-11(10-15-6-8-17-9-7-15)14-12(16)4-2-3-5-13/h11H,2-10H2,1H3,(H,14,16). The second kappa shape index (κ2) is 8.72. The first-order chi connectivity index (χ1) is 8.22. The van der Waals surface area contributed by atoms with E-state index in [1.807, 2.05) is 0 Å². The smallest absolute Gasteiger partial charge is 0.220 e. The molecule has 1 rings (SSSR count). The summed E-state index contributed by atoms with van der Waals surface area (Å²) < 4.78 is 5.29. The van der Waals surface area contributed by atoms with Crippen LogP contribution in [-0.4, -0.2) is 55.6 Å². The number of unbranched alkanes of at least 4 members (excludes halogenated alkanes) is 1. The predicted molar refractivity (Wildman–Crippen MR) is 69.4 cm³/mol. The van der Waals surface area contributed by atoms with Crippen molar-refractivity contribution < 1.29 is 9.53 Å². The number of alkyl halides is 1. The van der Waals surface area contributed by atoms with Crippen molar-refractivity contribution in [3.05, 3.63) is 0 Å². The van der Waals surface area contributed by atoms with E-state index in [2.05, 4.69) is 17.1 Å². The third-order valence-corrected chi connectivity index (χ3v) is 3.10. The summed E-state index contributed by atoms with van der Waals surface area (Å²) in [6.07, 6.45) is 2.37. The SMILES string of the molecule is CC(CN1CCOCC1)NC(=O)CCCCCl. The number of amides is 1. The van der Waals surface area contributed by atoms with Crippen LogP contribution >= 0.6 is 11.6 Å². The van der Waals surface area contributed by atoms with Crippen molar-refractivity contribution >= 4 is 17.5 Å². The Kier molecular flexibility index (Phi) is 7.56. The highest BCUT2D eigenvalue weighted by Crippen LogP contribution is 2.00. The second-order valence-electron chi connectivity index (χ2n) is 4.53. The van der Waals surface area contributed by atoms with Gasteiger partial charge in [0, 0.05) is 38.0 Å². The summed E-state index contributed by atoms with van der Waals surface area (Å²) in [4.78, 5) is 13.9. The molecule has 0 aromatic rings. The van der Waals surface area contributed by atoms with Gasteiger partial charge in [0.25, 0.3) is 0 Å². The largest absolute Gasteiger partial charge is 0.379 e. The number of rotatable bonds is 7. The van der Waals surface area contributed by atoms with Crippen LogP contribution < -0.4 is 5.32 Å². The van der Waals surface area contributed by atoms with Gasteiger partial charge in [0.15, 0.2) is 0 Å². The third-order valence-electron chi connectivity index (χ3n) is 2.83. The fourth-order valence-corrected chi connectivity index (χ4v) is 2.13. The molecule has 100 valence electrons. The van der Waals surface area contributed by atoms with E-state index in [0.717, 1.165) is 45.7 Å². The summed E-state index contributed by atoms with van der Waals surface area (Å²) in [5.41, 5.74) is 0. The Hall–Kier alpha value is -0.320. The van der Waals surface area contributed by atoms with E-state index in [1.165, 1.54) is 0 Å². The van der Waals surface area contributed by atoms with E-state index < -0.39 is 0 Å². The molecule has 1 saturated heterocycles. The number of nitrogens with one attached hydrogen (secondary N) is 1. The minimum absolute atomic E-state index is 0.135. The van der Waals surface area contributed by atoms with Gasteiger partial charge in [-0.3, -0.25) is 9.69 Å². The monoisotopic (exact) mass is 262 g/mol.